The van der Waals surface area contributed by atoms with Crippen LogP contribution in [0.5, 0.6) is 0 Å². The molecule has 3 nitrogen and oxygen atoms in total. The van der Waals surface area contributed by atoms with E-state index < -0.39 is 5.41 Å². The topological polar surface area (TPSA) is 49.3 Å². The van der Waals surface area contributed by atoms with Gasteiger partial charge in [-0.25, -0.2) is 4.39 Å². The highest BCUT2D eigenvalue weighted by Crippen LogP contribution is 2.28. The molecule has 1 atom stereocenters. The van der Waals surface area contributed by atoms with Gasteiger partial charge < -0.3 is 10.4 Å². The SMILES string of the molecule is CC(C)(C(=O)NC(CCCO)c1ccccc1)c1ccccc1F. The molecule has 1 amide bonds. The van der Waals surface area contributed by atoms with E-state index in [1.54, 1.807) is 32.0 Å². The molecule has 0 heterocycles. The summed E-state index contributed by atoms with van der Waals surface area (Å²) in [6.45, 7) is 3.50. The highest BCUT2D eigenvalue weighted by molar-refractivity contribution is 5.87. The van der Waals surface area contributed by atoms with E-state index in [9.17, 15) is 9.18 Å². The Hall–Kier alpha value is -2.20. The van der Waals surface area contributed by atoms with Gasteiger partial charge in [0.25, 0.3) is 0 Å². The fourth-order valence-electron chi connectivity index (χ4n) is 2.73. The molecule has 4 heteroatoms. The van der Waals surface area contributed by atoms with Crippen LogP contribution in [0, 0.1) is 5.82 Å². The maximum atomic E-state index is 14.1. The molecule has 2 aromatic rings. The van der Waals surface area contributed by atoms with Crippen LogP contribution in [0.1, 0.15) is 43.9 Å². The molecule has 0 aliphatic heterocycles. The summed E-state index contributed by atoms with van der Waals surface area (Å²) in [5.74, 6) is -0.622. The van der Waals surface area contributed by atoms with E-state index in [0.717, 1.165) is 5.56 Å². The summed E-state index contributed by atoms with van der Waals surface area (Å²) in [5.41, 5.74) is 0.359. The fraction of sp³-hybridized carbons (Fsp3) is 0.350. The van der Waals surface area contributed by atoms with Crippen LogP contribution in [0.15, 0.2) is 54.6 Å². The van der Waals surface area contributed by atoms with Crippen LogP contribution in [-0.4, -0.2) is 17.6 Å². The zero-order valence-corrected chi connectivity index (χ0v) is 14.1. The lowest BCUT2D eigenvalue weighted by Gasteiger charge is -2.28. The van der Waals surface area contributed by atoms with E-state index >= 15 is 0 Å². The lowest BCUT2D eigenvalue weighted by Crippen LogP contribution is -2.42. The van der Waals surface area contributed by atoms with Gasteiger partial charge in [0.1, 0.15) is 5.82 Å². The van der Waals surface area contributed by atoms with Gasteiger partial charge in [-0.15, -0.1) is 0 Å². The van der Waals surface area contributed by atoms with Crippen molar-refractivity contribution in [3.05, 3.63) is 71.5 Å². The number of aliphatic hydroxyl groups excluding tert-OH is 1. The first kappa shape index (κ1) is 18.1. The number of amides is 1. The molecule has 1 unspecified atom stereocenters. The molecule has 0 aliphatic rings. The highest BCUT2D eigenvalue weighted by Gasteiger charge is 2.33. The molecule has 0 spiro atoms. The van der Waals surface area contributed by atoms with E-state index in [-0.39, 0.29) is 24.4 Å². The number of carbonyl (C=O) groups is 1. The summed E-state index contributed by atoms with van der Waals surface area (Å²) in [6.07, 6.45) is 1.21. The van der Waals surface area contributed by atoms with Crippen molar-refractivity contribution in [3.63, 3.8) is 0 Å². The smallest absolute Gasteiger partial charge is 0.230 e. The quantitative estimate of drug-likeness (QED) is 0.813. The van der Waals surface area contributed by atoms with Crippen LogP contribution in [-0.2, 0) is 10.2 Å². The molecule has 0 fully saturated rings. The summed E-state index contributed by atoms with van der Waals surface area (Å²) in [6, 6.07) is 15.8. The van der Waals surface area contributed by atoms with Crippen molar-refractivity contribution in [3.8, 4) is 0 Å². The van der Waals surface area contributed by atoms with Crippen molar-refractivity contribution >= 4 is 5.91 Å². The van der Waals surface area contributed by atoms with Crippen LogP contribution in [0.3, 0.4) is 0 Å². The average Bonchev–Trinajstić information content (AvgIpc) is 2.59. The maximum absolute atomic E-state index is 14.1. The van der Waals surface area contributed by atoms with Crippen LogP contribution >= 0.6 is 0 Å². The molecule has 24 heavy (non-hydrogen) atoms. The third-order valence-electron chi connectivity index (χ3n) is 4.27. The maximum Gasteiger partial charge on any atom is 0.230 e. The first-order valence-electron chi connectivity index (χ1n) is 8.18. The largest absolute Gasteiger partial charge is 0.396 e. The number of hydrogen-bond acceptors (Lipinski definition) is 2. The number of hydrogen-bond donors (Lipinski definition) is 2. The minimum Gasteiger partial charge on any atom is -0.396 e. The zero-order valence-electron chi connectivity index (χ0n) is 14.1. The highest BCUT2D eigenvalue weighted by atomic mass is 19.1. The van der Waals surface area contributed by atoms with Crippen molar-refractivity contribution in [1.82, 2.24) is 5.32 Å². The molecule has 2 rings (SSSR count). The molecule has 0 aliphatic carbocycles. The Labute approximate surface area is 142 Å². The van der Waals surface area contributed by atoms with Crippen molar-refractivity contribution < 1.29 is 14.3 Å². The van der Waals surface area contributed by atoms with Gasteiger partial charge in [-0.3, -0.25) is 4.79 Å². The number of halogens is 1. The van der Waals surface area contributed by atoms with Gasteiger partial charge in [0.05, 0.1) is 11.5 Å². The van der Waals surface area contributed by atoms with Gasteiger partial charge in [0, 0.05) is 12.2 Å². The minimum absolute atomic E-state index is 0.0654. The monoisotopic (exact) mass is 329 g/mol. The molecule has 0 saturated carbocycles. The van der Waals surface area contributed by atoms with Gasteiger partial charge in [0.15, 0.2) is 0 Å². The summed E-state index contributed by atoms with van der Waals surface area (Å²) in [4.78, 5) is 12.8. The van der Waals surface area contributed by atoms with Crippen molar-refractivity contribution in [2.45, 2.75) is 38.1 Å². The number of carbonyl (C=O) groups excluding carboxylic acids is 1. The second kappa shape index (κ2) is 8.06. The second-order valence-electron chi connectivity index (χ2n) is 6.41. The molecule has 2 N–H and O–H groups in total. The minimum atomic E-state index is -0.989. The van der Waals surface area contributed by atoms with Crippen molar-refractivity contribution in [1.29, 1.82) is 0 Å². The van der Waals surface area contributed by atoms with Crippen LogP contribution in [0.25, 0.3) is 0 Å². The van der Waals surface area contributed by atoms with Gasteiger partial charge >= 0.3 is 0 Å². The standard InChI is InChI=1S/C20H24FNO2/c1-20(2,16-11-6-7-12-17(16)21)19(24)22-18(13-8-14-23)15-9-4-3-5-10-15/h3-7,9-12,18,23H,8,13-14H2,1-2H3,(H,22,24). The van der Waals surface area contributed by atoms with Gasteiger partial charge in [-0.05, 0) is 38.3 Å². The average molecular weight is 329 g/mol. The number of aliphatic hydroxyl groups is 1. The number of benzene rings is 2. The lowest BCUT2D eigenvalue weighted by molar-refractivity contribution is -0.126. The van der Waals surface area contributed by atoms with E-state index in [1.165, 1.54) is 6.07 Å². The number of rotatable bonds is 7. The summed E-state index contributed by atoms with van der Waals surface area (Å²) in [7, 11) is 0. The van der Waals surface area contributed by atoms with Gasteiger partial charge in [0.2, 0.25) is 5.91 Å². The van der Waals surface area contributed by atoms with Crippen LogP contribution < -0.4 is 5.32 Å². The second-order valence-corrected chi connectivity index (χ2v) is 6.41. The predicted molar refractivity (Wildman–Crippen MR) is 93.1 cm³/mol. The Morgan fingerprint density at radius 3 is 2.38 bits per heavy atom. The first-order chi connectivity index (χ1) is 11.5. The normalized spacial score (nSPS) is 12.7. The summed E-state index contributed by atoms with van der Waals surface area (Å²) < 4.78 is 14.1. The Bertz CT molecular complexity index is 670. The molecule has 128 valence electrons. The van der Waals surface area contributed by atoms with E-state index in [1.807, 2.05) is 30.3 Å². The fourth-order valence-corrected chi connectivity index (χ4v) is 2.73. The summed E-state index contributed by atoms with van der Waals surface area (Å²) in [5, 5.41) is 12.1. The van der Waals surface area contributed by atoms with Gasteiger partial charge in [-0.1, -0.05) is 48.5 Å². The lowest BCUT2D eigenvalue weighted by atomic mass is 9.82. The molecule has 0 saturated heterocycles. The molecule has 0 bridgehead atoms. The number of nitrogens with one attached hydrogen (secondary N) is 1. The third-order valence-corrected chi connectivity index (χ3v) is 4.27. The Morgan fingerprint density at radius 2 is 1.75 bits per heavy atom. The molecule has 2 aromatic carbocycles. The first-order valence-corrected chi connectivity index (χ1v) is 8.18. The molecular weight excluding hydrogens is 305 g/mol. The Balaban J connectivity index is 2.22. The zero-order chi connectivity index (χ0) is 17.6. The predicted octanol–water partition coefficient (Wildman–Crippen LogP) is 3.73. The van der Waals surface area contributed by atoms with Crippen molar-refractivity contribution in [2.75, 3.05) is 6.61 Å². The molecule has 0 radical (unpaired) electrons. The van der Waals surface area contributed by atoms with E-state index in [0.29, 0.717) is 18.4 Å². The Morgan fingerprint density at radius 1 is 1.12 bits per heavy atom. The van der Waals surface area contributed by atoms with E-state index in [4.69, 9.17) is 5.11 Å². The molecular formula is C20H24FNO2. The molecule has 0 aromatic heterocycles. The van der Waals surface area contributed by atoms with Crippen molar-refractivity contribution in [2.24, 2.45) is 0 Å². The van der Waals surface area contributed by atoms with E-state index in [2.05, 4.69) is 5.32 Å². The van der Waals surface area contributed by atoms with Gasteiger partial charge in [-0.2, -0.15) is 0 Å². The summed E-state index contributed by atoms with van der Waals surface area (Å²) >= 11 is 0. The van der Waals surface area contributed by atoms with Crippen LogP contribution in [0.2, 0.25) is 0 Å². The third kappa shape index (κ3) is 4.20. The Kier molecular flexibility index (Phi) is 6.10. The van der Waals surface area contributed by atoms with Crippen LogP contribution in [0.4, 0.5) is 4.39 Å².